The lowest BCUT2D eigenvalue weighted by Crippen LogP contribution is -2.18. The summed E-state index contributed by atoms with van der Waals surface area (Å²) >= 11 is 32.8. The molecule has 4 aromatic carbocycles. The molecule has 24 heteroatoms. The number of pyridine rings is 1. The highest BCUT2D eigenvalue weighted by Crippen LogP contribution is 2.39. The number of allylic oxidation sites excluding steroid dienone is 2. The Morgan fingerprint density at radius 2 is 1.06 bits per heavy atom. The number of anilines is 4. The first-order valence-electron chi connectivity index (χ1n) is 17.9. The van der Waals surface area contributed by atoms with E-state index >= 15 is 0 Å². The fourth-order valence-electron chi connectivity index (χ4n) is 5.27. The molecular weight excluding hydrogens is 1040 g/mol. The van der Waals surface area contributed by atoms with Crippen molar-refractivity contribution in [1.29, 1.82) is 0 Å². The molecule has 0 spiro atoms. The Bertz CT molecular complexity index is 2860. The summed E-state index contributed by atoms with van der Waals surface area (Å²) < 4.78 is 104. The van der Waals surface area contributed by atoms with Crippen LogP contribution in [-0.4, -0.2) is 60.2 Å². The van der Waals surface area contributed by atoms with Gasteiger partial charge in [-0.15, -0.1) is 23.5 Å². The number of aromatic nitrogens is 1. The van der Waals surface area contributed by atoms with Crippen molar-refractivity contribution < 1.29 is 34.2 Å². The van der Waals surface area contributed by atoms with Gasteiger partial charge in [0.1, 0.15) is 9.13 Å². The van der Waals surface area contributed by atoms with E-state index in [4.69, 9.17) is 58.0 Å². The van der Waals surface area contributed by atoms with Crippen LogP contribution in [0.3, 0.4) is 0 Å². The number of thioether (sulfide) groups is 2. The Morgan fingerprint density at radius 1 is 0.603 bits per heavy atom. The van der Waals surface area contributed by atoms with Crippen LogP contribution in [0.25, 0.3) is 11.1 Å². The van der Waals surface area contributed by atoms with Crippen molar-refractivity contribution in [3.63, 3.8) is 0 Å². The predicted octanol–water partition coefficient (Wildman–Crippen LogP) is 11.3. The lowest BCUT2D eigenvalue weighted by molar-refractivity contribution is 0.277. The summed E-state index contributed by atoms with van der Waals surface area (Å²) in [7, 11) is -10.1. The maximum absolute atomic E-state index is 13.1. The number of rotatable bonds is 13. The normalized spacial score (nSPS) is 14.2. The number of halogens is 5. The van der Waals surface area contributed by atoms with Gasteiger partial charge in [0.2, 0.25) is 0 Å². The van der Waals surface area contributed by atoms with E-state index in [0.29, 0.717) is 21.4 Å². The highest BCUT2D eigenvalue weighted by atomic mass is 35.5. The minimum Gasteiger partial charge on any atom is -0.388 e. The summed E-state index contributed by atoms with van der Waals surface area (Å²) in [5.41, 5.74) is 2.07. The van der Waals surface area contributed by atoms with Crippen molar-refractivity contribution in [1.82, 2.24) is 4.98 Å². The van der Waals surface area contributed by atoms with E-state index in [9.17, 15) is 29.5 Å². The Kier molecular flexibility index (Phi) is 18.4. The van der Waals surface area contributed by atoms with E-state index in [-0.39, 0.29) is 56.9 Å². The SMILES string of the molecule is COC.O=S(=O)(Nc1cc(Cl)c(Cl)cc1NS(=O)(=O)c1cccnc1)C1=CCCS1.O=S(Nc1cc(Cl)c(Cl)cc1NS(=O)(=O)c1ccc(-c2ccc(Cl)cc2)cc1)C1=CCCS1. The van der Waals surface area contributed by atoms with Crippen LogP contribution in [0.15, 0.2) is 128 Å². The molecule has 1 unspecified atom stereocenters. The Hall–Kier alpha value is -3.18. The fourth-order valence-corrected chi connectivity index (χ4v) is 12.9. The van der Waals surface area contributed by atoms with Crippen molar-refractivity contribution in [3.05, 3.63) is 143 Å². The summed E-state index contributed by atoms with van der Waals surface area (Å²) in [5.74, 6) is 1.52. The first kappa shape index (κ1) is 50.8. The van der Waals surface area contributed by atoms with Gasteiger partial charge < -0.3 is 4.74 Å². The summed E-state index contributed by atoms with van der Waals surface area (Å²) in [4.78, 5) is 3.75. The first-order valence-corrected chi connectivity index (χ1v) is 27.4. The lowest BCUT2D eigenvalue weighted by atomic mass is 10.1. The number of benzene rings is 4. The van der Waals surface area contributed by atoms with Gasteiger partial charge in [-0.25, -0.2) is 29.5 Å². The van der Waals surface area contributed by atoms with Crippen molar-refractivity contribution in [2.45, 2.75) is 22.6 Å². The molecule has 4 N–H and O–H groups in total. The molecular formula is C39H36Cl5N5O8S6. The van der Waals surface area contributed by atoms with Crippen LogP contribution in [0.4, 0.5) is 22.7 Å². The van der Waals surface area contributed by atoms with Crippen LogP contribution in [0.2, 0.25) is 25.1 Å². The van der Waals surface area contributed by atoms with E-state index in [2.05, 4.69) is 28.6 Å². The number of hydrogen-bond acceptors (Lipinski definition) is 11. The van der Waals surface area contributed by atoms with Gasteiger partial charge in [0.25, 0.3) is 30.1 Å². The molecule has 1 aromatic heterocycles. The van der Waals surface area contributed by atoms with E-state index in [0.717, 1.165) is 23.3 Å². The van der Waals surface area contributed by atoms with Gasteiger partial charge in [-0.2, -0.15) is 0 Å². The quantitative estimate of drug-likeness (QED) is 0.0878. The van der Waals surface area contributed by atoms with Gasteiger partial charge in [-0.05, 0) is 84.6 Å². The van der Waals surface area contributed by atoms with Crippen LogP contribution in [0, 0.1) is 0 Å². The predicted molar refractivity (Wildman–Crippen MR) is 263 cm³/mol. The molecule has 0 radical (unpaired) electrons. The second-order valence-electron chi connectivity index (χ2n) is 12.8. The minimum atomic E-state index is -4.01. The number of nitrogens with zero attached hydrogens (tertiary/aromatic N) is 1. The van der Waals surface area contributed by atoms with Gasteiger partial charge in [0.05, 0.1) is 52.0 Å². The molecule has 3 heterocycles. The summed E-state index contributed by atoms with van der Waals surface area (Å²) in [5, 5.41) is 1.14. The van der Waals surface area contributed by atoms with Crippen LogP contribution in [0.1, 0.15) is 12.8 Å². The van der Waals surface area contributed by atoms with Gasteiger partial charge in [-0.1, -0.05) is 94.4 Å². The molecule has 1 atom stereocenters. The molecule has 0 bridgehead atoms. The third kappa shape index (κ3) is 14.2. The molecule has 2 aliphatic rings. The number of methoxy groups -OCH3 is 1. The molecule has 0 fully saturated rings. The molecule has 0 aliphatic carbocycles. The Morgan fingerprint density at radius 3 is 1.54 bits per heavy atom. The topological polar surface area (TPSA) is 190 Å². The summed E-state index contributed by atoms with van der Waals surface area (Å²) in [6, 6.07) is 21.9. The maximum Gasteiger partial charge on any atom is 0.267 e. The minimum absolute atomic E-state index is 0.0368. The molecule has 0 amide bonds. The Balaban J connectivity index is 0.000000228. The first-order chi connectivity index (χ1) is 29.8. The van der Waals surface area contributed by atoms with Crippen LogP contribution in [0.5, 0.6) is 0 Å². The smallest absolute Gasteiger partial charge is 0.267 e. The molecule has 0 saturated heterocycles. The van der Waals surface area contributed by atoms with Crippen LogP contribution >= 0.6 is 81.5 Å². The average Bonchev–Trinajstić information content (AvgIpc) is 4.00. The number of nitrogens with one attached hydrogen (secondary N) is 4. The molecule has 0 saturated carbocycles. The highest BCUT2D eigenvalue weighted by Gasteiger charge is 2.25. The van der Waals surface area contributed by atoms with Gasteiger partial charge in [0, 0.05) is 43.1 Å². The average molecular weight is 1070 g/mol. The van der Waals surface area contributed by atoms with E-state index < -0.39 is 41.1 Å². The number of hydrogen-bond donors (Lipinski definition) is 4. The van der Waals surface area contributed by atoms with E-state index in [1.54, 1.807) is 44.6 Å². The van der Waals surface area contributed by atoms with E-state index in [1.165, 1.54) is 84.4 Å². The zero-order chi connectivity index (χ0) is 46.0. The molecule has 336 valence electrons. The zero-order valence-corrected chi connectivity index (χ0v) is 41.5. The molecule has 63 heavy (non-hydrogen) atoms. The van der Waals surface area contributed by atoms with Crippen molar-refractivity contribution in [3.8, 4) is 11.1 Å². The zero-order valence-electron chi connectivity index (χ0n) is 32.8. The molecule has 13 nitrogen and oxygen atoms in total. The third-order valence-electron chi connectivity index (χ3n) is 8.14. The van der Waals surface area contributed by atoms with Crippen LogP contribution < -0.4 is 18.9 Å². The molecule has 5 aromatic rings. The van der Waals surface area contributed by atoms with Gasteiger partial charge in [-0.3, -0.25) is 23.9 Å². The second kappa shape index (κ2) is 22.8. The van der Waals surface area contributed by atoms with Gasteiger partial charge in [0.15, 0.2) is 11.0 Å². The van der Waals surface area contributed by atoms with Crippen molar-refractivity contribution in [2.75, 3.05) is 44.6 Å². The van der Waals surface area contributed by atoms with Gasteiger partial charge >= 0.3 is 0 Å². The highest BCUT2D eigenvalue weighted by molar-refractivity contribution is 8.19. The number of ether oxygens (including phenoxy) is 1. The number of sulfonamides is 3. The summed E-state index contributed by atoms with van der Waals surface area (Å²) in [6.45, 7) is 0. The lowest BCUT2D eigenvalue weighted by Gasteiger charge is -2.16. The maximum atomic E-state index is 13.1. The van der Waals surface area contributed by atoms with E-state index in [1.807, 2.05) is 18.2 Å². The Labute approximate surface area is 402 Å². The van der Waals surface area contributed by atoms with Crippen molar-refractivity contribution in [2.24, 2.45) is 0 Å². The summed E-state index contributed by atoms with van der Waals surface area (Å²) in [6.07, 6.45) is 7.57. The van der Waals surface area contributed by atoms with Crippen molar-refractivity contribution >= 4 is 145 Å². The fraction of sp³-hybridized carbons (Fsp3) is 0.154. The third-order valence-corrected chi connectivity index (χ3v) is 18.3. The largest absolute Gasteiger partial charge is 0.388 e. The second-order valence-corrected chi connectivity index (χ2v) is 23.8. The van der Waals surface area contributed by atoms with Crippen LogP contribution in [-0.2, 0) is 45.8 Å². The standard InChI is InChI=1S/C22H17Cl3N2O3S3.C15H13Cl2N3O4S3.C2H6O/c23-16-7-3-14(4-8-16)15-5-9-17(10-6-15)33(29,30)27-21-13-19(25)18(24)12-20(21)26-32(28)22-2-1-11-31-22;16-11-7-13(19-26(21,22)10-3-1-5-18-9-10)14(8-12(11)17)20-27(23,24)15-4-2-6-25-15;1-3-2/h2-10,12-13,26-27H,1,11H2;1,3-5,7-9,19-20H,2,6H2;1-2H3. The molecule has 2 aliphatic heterocycles. The monoisotopic (exact) mass is 1070 g/mol. The molecule has 7 rings (SSSR count).